The zero-order valence-electron chi connectivity index (χ0n) is 13.4. The lowest BCUT2D eigenvalue weighted by Crippen LogP contribution is -2.53. The first kappa shape index (κ1) is 16.8. The van der Waals surface area contributed by atoms with Crippen LogP contribution in [0, 0.1) is 0 Å². The molecule has 1 aromatic carbocycles. The Bertz CT molecular complexity index is 595. The van der Waals surface area contributed by atoms with Crippen LogP contribution in [0.5, 0.6) is 0 Å². The third kappa shape index (κ3) is 4.00. The number of carbonyl (C=O) groups is 3. The average Bonchev–Trinajstić information content (AvgIpc) is 2.60. The third-order valence-electron chi connectivity index (χ3n) is 3.71. The number of ether oxygens (including phenoxy) is 1. The molecule has 1 aliphatic heterocycles. The van der Waals surface area contributed by atoms with Gasteiger partial charge in [0.15, 0.2) is 0 Å². The van der Waals surface area contributed by atoms with Crippen molar-refractivity contribution in [1.82, 2.24) is 15.1 Å². The number of benzene rings is 1. The molecule has 7 heteroatoms. The molecule has 1 heterocycles. The van der Waals surface area contributed by atoms with Crippen LogP contribution in [0.2, 0.25) is 0 Å². The minimum absolute atomic E-state index is 0.104. The largest absolute Gasteiger partial charge is 0.465 e. The van der Waals surface area contributed by atoms with E-state index >= 15 is 0 Å². The first-order chi connectivity index (χ1) is 11.1. The summed E-state index contributed by atoms with van der Waals surface area (Å²) in [7, 11) is 1.30. The summed E-state index contributed by atoms with van der Waals surface area (Å²) >= 11 is 0. The zero-order valence-corrected chi connectivity index (χ0v) is 13.4. The number of rotatable bonds is 3. The van der Waals surface area contributed by atoms with Gasteiger partial charge in [0, 0.05) is 38.3 Å². The van der Waals surface area contributed by atoms with E-state index in [0.29, 0.717) is 43.9 Å². The number of nitrogens with one attached hydrogen (secondary N) is 1. The Morgan fingerprint density at radius 2 is 1.70 bits per heavy atom. The van der Waals surface area contributed by atoms with E-state index in [1.54, 1.807) is 28.0 Å². The van der Waals surface area contributed by atoms with Crippen LogP contribution in [0.15, 0.2) is 24.3 Å². The second kappa shape index (κ2) is 7.62. The van der Waals surface area contributed by atoms with Gasteiger partial charge in [0.25, 0.3) is 5.91 Å². The van der Waals surface area contributed by atoms with E-state index in [-0.39, 0.29) is 11.9 Å². The lowest BCUT2D eigenvalue weighted by Gasteiger charge is -2.34. The van der Waals surface area contributed by atoms with Gasteiger partial charge in [-0.2, -0.15) is 0 Å². The van der Waals surface area contributed by atoms with Gasteiger partial charge in [0.1, 0.15) is 0 Å². The molecule has 1 aromatic rings. The Hall–Kier alpha value is -2.57. The van der Waals surface area contributed by atoms with Crippen molar-refractivity contribution in [3.63, 3.8) is 0 Å². The molecule has 0 bridgehead atoms. The fraction of sp³-hybridized carbons (Fsp3) is 0.438. The van der Waals surface area contributed by atoms with Crippen LogP contribution in [0.4, 0.5) is 4.79 Å². The van der Waals surface area contributed by atoms with E-state index < -0.39 is 5.97 Å². The predicted octanol–water partition coefficient (Wildman–Crippen LogP) is 0.960. The fourth-order valence-corrected chi connectivity index (χ4v) is 2.46. The standard InChI is InChI=1S/C16H21N3O4/c1-3-17-16(22)19-9-7-18(8-10-19)14(20)12-5-4-6-13(11-12)15(21)23-2/h4-6,11H,3,7-10H2,1-2H3,(H,17,22). The van der Waals surface area contributed by atoms with Crippen LogP contribution < -0.4 is 5.32 Å². The summed E-state index contributed by atoms with van der Waals surface area (Å²) in [5.41, 5.74) is 0.790. The highest BCUT2D eigenvalue weighted by atomic mass is 16.5. The van der Waals surface area contributed by atoms with Crippen molar-refractivity contribution in [1.29, 1.82) is 0 Å². The molecule has 1 fully saturated rings. The number of hydrogen-bond acceptors (Lipinski definition) is 4. The SMILES string of the molecule is CCNC(=O)N1CCN(C(=O)c2cccc(C(=O)OC)c2)CC1. The van der Waals surface area contributed by atoms with Crippen LogP contribution in [-0.4, -0.2) is 67.5 Å². The fourth-order valence-electron chi connectivity index (χ4n) is 2.46. The first-order valence-electron chi connectivity index (χ1n) is 7.57. The number of methoxy groups -OCH3 is 1. The van der Waals surface area contributed by atoms with Gasteiger partial charge in [-0.25, -0.2) is 9.59 Å². The van der Waals surface area contributed by atoms with Gasteiger partial charge >= 0.3 is 12.0 Å². The molecule has 0 aliphatic carbocycles. The molecule has 1 N–H and O–H groups in total. The van der Waals surface area contributed by atoms with Gasteiger partial charge in [-0.1, -0.05) is 6.07 Å². The lowest BCUT2D eigenvalue weighted by atomic mass is 10.1. The molecule has 3 amide bonds. The van der Waals surface area contributed by atoms with E-state index in [9.17, 15) is 14.4 Å². The van der Waals surface area contributed by atoms with Crippen LogP contribution in [-0.2, 0) is 4.74 Å². The minimum Gasteiger partial charge on any atom is -0.465 e. The number of amides is 3. The molecule has 7 nitrogen and oxygen atoms in total. The Morgan fingerprint density at radius 1 is 1.09 bits per heavy atom. The Balaban J connectivity index is 2.00. The van der Waals surface area contributed by atoms with Crippen molar-refractivity contribution in [2.45, 2.75) is 6.92 Å². The van der Waals surface area contributed by atoms with Crippen molar-refractivity contribution < 1.29 is 19.1 Å². The molecule has 1 aliphatic rings. The maximum atomic E-state index is 12.5. The van der Waals surface area contributed by atoms with Crippen LogP contribution in [0.1, 0.15) is 27.6 Å². The minimum atomic E-state index is -0.472. The molecule has 124 valence electrons. The Morgan fingerprint density at radius 3 is 2.30 bits per heavy atom. The maximum Gasteiger partial charge on any atom is 0.337 e. The van der Waals surface area contributed by atoms with E-state index in [2.05, 4.69) is 10.1 Å². The van der Waals surface area contributed by atoms with E-state index in [0.717, 1.165) is 0 Å². The monoisotopic (exact) mass is 319 g/mol. The highest BCUT2D eigenvalue weighted by Crippen LogP contribution is 2.12. The van der Waals surface area contributed by atoms with Crippen molar-refractivity contribution in [2.75, 3.05) is 39.8 Å². The van der Waals surface area contributed by atoms with Crippen LogP contribution >= 0.6 is 0 Å². The lowest BCUT2D eigenvalue weighted by molar-refractivity contribution is 0.0600. The topological polar surface area (TPSA) is 79.0 Å². The summed E-state index contributed by atoms with van der Waals surface area (Å²) in [5, 5.41) is 2.75. The predicted molar refractivity (Wildman–Crippen MR) is 84.3 cm³/mol. The van der Waals surface area contributed by atoms with E-state index in [4.69, 9.17) is 0 Å². The number of esters is 1. The van der Waals surface area contributed by atoms with E-state index in [1.165, 1.54) is 13.2 Å². The highest BCUT2D eigenvalue weighted by molar-refractivity contribution is 5.98. The smallest absolute Gasteiger partial charge is 0.337 e. The maximum absolute atomic E-state index is 12.5. The molecule has 0 unspecified atom stereocenters. The number of carbonyl (C=O) groups excluding carboxylic acids is 3. The van der Waals surface area contributed by atoms with Gasteiger partial charge in [-0.05, 0) is 25.1 Å². The van der Waals surface area contributed by atoms with Gasteiger partial charge in [-0.3, -0.25) is 4.79 Å². The molecule has 0 radical (unpaired) electrons. The summed E-state index contributed by atoms with van der Waals surface area (Å²) in [5.74, 6) is -0.619. The molecular formula is C16H21N3O4. The number of urea groups is 1. The zero-order chi connectivity index (χ0) is 16.8. The van der Waals surface area contributed by atoms with Crippen molar-refractivity contribution >= 4 is 17.9 Å². The molecule has 0 spiro atoms. The molecule has 0 aromatic heterocycles. The highest BCUT2D eigenvalue weighted by Gasteiger charge is 2.24. The second-order valence-electron chi connectivity index (χ2n) is 5.19. The van der Waals surface area contributed by atoms with Gasteiger partial charge < -0.3 is 19.9 Å². The summed E-state index contributed by atoms with van der Waals surface area (Å²) in [6.45, 7) is 4.38. The summed E-state index contributed by atoms with van der Waals surface area (Å²) in [6.07, 6.45) is 0. The molecular weight excluding hydrogens is 298 g/mol. The van der Waals surface area contributed by atoms with Gasteiger partial charge in [0.05, 0.1) is 12.7 Å². The van der Waals surface area contributed by atoms with E-state index in [1.807, 2.05) is 6.92 Å². The average molecular weight is 319 g/mol. The molecule has 2 rings (SSSR count). The van der Waals surface area contributed by atoms with Crippen LogP contribution in [0.25, 0.3) is 0 Å². The van der Waals surface area contributed by atoms with Gasteiger partial charge in [-0.15, -0.1) is 0 Å². The van der Waals surface area contributed by atoms with Crippen LogP contribution in [0.3, 0.4) is 0 Å². The van der Waals surface area contributed by atoms with Gasteiger partial charge in [0.2, 0.25) is 0 Å². The molecule has 1 saturated heterocycles. The number of piperazine rings is 1. The Labute approximate surface area is 135 Å². The molecule has 0 atom stereocenters. The summed E-state index contributed by atoms with van der Waals surface area (Å²) < 4.78 is 4.66. The van der Waals surface area contributed by atoms with Crippen molar-refractivity contribution in [3.05, 3.63) is 35.4 Å². The first-order valence-corrected chi connectivity index (χ1v) is 7.57. The molecule has 23 heavy (non-hydrogen) atoms. The summed E-state index contributed by atoms with van der Waals surface area (Å²) in [6, 6.07) is 6.36. The third-order valence-corrected chi connectivity index (χ3v) is 3.71. The number of nitrogens with zero attached hydrogens (tertiary/aromatic N) is 2. The number of hydrogen-bond donors (Lipinski definition) is 1. The molecule has 0 saturated carbocycles. The summed E-state index contributed by atoms with van der Waals surface area (Å²) in [4.78, 5) is 39.2. The van der Waals surface area contributed by atoms with Crippen molar-refractivity contribution in [2.24, 2.45) is 0 Å². The Kier molecular flexibility index (Phi) is 5.56. The quantitative estimate of drug-likeness (QED) is 0.842. The van der Waals surface area contributed by atoms with Crippen molar-refractivity contribution in [3.8, 4) is 0 Å². The normalized spacial score (nSPS) is 14.3. The second-order valence-corrected chi connectivity index (χ2v) is 5.19.